The quantitative estimate of drug-likeness (QED) is 0.544. The second-order valence-electron chi connectivity index (χ2n) is 9.60. The predicted octanol–water partition coefficient (Wildman–Crippen LogP) is 4.87. The van der Waals surface area contributed by atoms with Gasteiger partial charge in [0.2, 0.25) is 0 Å². The van der Waals surface area contributed by atoms with Gasteiger partial charge < -0.3 is 19.5 Å². The first kappa shape index (κ1) is 26.2. The highest BCUT2D eigenvalue weighted by Gasteiger charge is 2.26. The number of aromatic amines is 1. The van der Waals surface area contributed by atoms with Crippen molar-refractivity contribution >= 4 is 40.0 Å². The van der Waals surface area contributed by atoms with Gasteiger partial charge in [-0.3, -0.25) is 14.5 Å². The van der Waals surface area contributed by atoms with E-state index in [0.29, 0.717) is 36.4 Å². The van der Waals surface area contributed by atoms with E-state index in [1.807, 2.05) is 54.3 Å². The maximum atomic E-state index is 14.0. The van der Waals surface area contributed by atoms with Gasteiger partial charge in [-0.05, 0) is 50.5 Å². The van der Waals surface area contributed by atoms with Gasteiger partial charge in [-0.1, -0.05) is 41.9 Å². The number of amides is 2. The molecule has 1 aromatic heterocycles. The zero-order valence-electron chi connectivity index (χ0n) is 21.5. The van der Waals surface area contributed by atoms with Crippen LogP contribution >= 0.6 is 11.6 Å². The van der Waals surface area contributed by atoms with E-state index in [9.17, 15) is 9.59 Å². The lowest BCUT2D eigenvalue weighted by molar-refractivity contribution is -0.122. The fraction of sp³-hybridized carbons (Fsp3) is 0.429. The van der Waals surface area contributed by atoms with Gasteiger partial charge in [0.15, 0.2) is 0 Å². The van der Waals surface area contributed by atoms with Crippen molar-refractivity contribution in [2.45, 2.75) is 39.8 Å². The van der Waals surface area contributed by atoms with Crippen molar-refractivity contribution in [3.63, 3.8) is 0 Å². The number of rotatable bonds is 4. The summed E-state index contributed by atoms with van der Waals surface area (Å²) in [5.74, 6) is -0.161. The van der Waals surface area contributed by atoms with Gasteiger partial charge >= 0.3 is 0 Å². The van der Waals surface area contributed by atoms with E-state index in [4.69, 9.17) is 16.3 Å². The number of hydrogen-bond donors (Lipinski definition) is 1. The molecule has 36 heavy (non-hydrogen) atoms. The number of hydrogen-bond acceptors (Lipinski definition) is 4. The molecule has 3 aromatic rings. The van der Waals surface area contributed by atoms with Gasteiger partial charge in [0, 0.05) is 56.9 Å². The van der Waals surface area contributed by atoms with Crippen molar-refractivity contribution in [3.05, 3.63) is 64.3 Å². The third-order valence-electron chi connectivity index (χ3n) is 6.97. The van der Waals surface area contributed by atoms with Crippen molar-refractivity contribution < 1.29 is 14.3 Å². The molecular formula is C28H35ClN4O3. The molecule has 2 amide bonds. The number of nitrogens with one attached hydrogen (secondary N) is 1. The second-order valence-corrected chi connectivity index (χ2v) is 10.0. The highest BCUT2D eigenvalue weighted by Crippen LogP contribution is 2.29. The highest BCUT2D eigenvalue weighted by atomic mass is 35.5. The normalized spacial score (nSPS) is 15.7. The number of carbonyl (C=O) groups is 2. The Morgan fingerprint density at radius 2 is 1.83 bits per heavy atom. The summed E-state index contributed by atoms with van der Waals surface area (Å²) in [4.78, 5) is 36.4. The van der Waals surface area contributed by atoms with E-state index >= 15 is 0 Å². The van der Waals surface area contributed by atoms with Crippen molar-refractivity contribution in [1.82, 2.24) is 14.8 Å². The van der Waals surface area contributed by atoms with Gasteiger partial charge in [0.05, 0.1) is 10.5 Å². The van der Waals surface area contributed by atoms with Crippen LogP contribution < -0.4 is 4.90 Å². The van der Waals surface area contributed by atoms with Gasteiger partial charge in [0.1, 0.15) is 12.3 Å². The van der Waals surface area contributed by atoms with Crippen LogP contribution in [-0.4, -0.2) is 72.5 Å². The molecule has 0 bridgehead atoms. The molecule has 0 radical (unpaired) electrons. The number of anilines is 1. The molecule has 7 nitrogen and oxygen atoms in total. The fourth-order valence-electron chi connectivity index (χ4n) is 4.95. The maximum Gasteiger partial charge on any atom is 0.270 e. The second kappa shape index (κ2) is 11.5. The van der Waals surface area contributed by atoms with Crippen LogP contribution in [0.2, 0.25) is 5.02 Å². The van der Waals surface area contributed by atoms with E-state index < -0.39 is 0 Å². The molecule has 4 rings (SSSR count). The molecule has 0 spiro atoms. The first-order valence-electron chi connectivity index (χ1n) is 12.5. The SMILES string of the molecule is COCC(=O)N1CCCN(C(C)C)CCN(C(=O)c2[nH]c3c(Cl)cccc3c2C)Cc2ccccc21. The molecule has 2 heterocycles. The largest absolute Gasteiger partial charge is 0.375 e. The van der Waals surface area contributed by atoms with Crippen LogP contribution in [0.5, 0.6) is 0 Å². The van der Waals surface area contributed by atoms with Crippen molar-refractivity contribution in [2.24, 2.45) is 0 Å². The lowest BCUT2D eigenvalue weighted by Gasteiger charge is -2.30. The Hall–Kier alpha value is -2.87. The molecule has 0 atom stereocenters. The monoisotopic (exact) mass is 510 g/mol. The smallest absolute Gasteiger partial charge is 0.270 e. The lowest BCUT2D eigenvalue weighted by Crippen LogP contribution is -2.41. The Bertz CT molecular complexity index is 1240. The van der Waals surface area contributed by atoms with Crippen LogP contribution in [0.25, 0.3) is 10.9 Å². The molecule has 1 aliphatic rings. The number of aryl methyl sites for hydroxylation is 1. The topological polar surface area (TPSA) is 68.9 Å². The first-order valence-corrected chi connectivity index (χ1v) is 12.9. The van der Waals surface area contributed by atoms with Crippen molar-refractivity contribution in [3.8, 4) is 0 Å². The van der Waals surface area contributed by atoms with Crippen LogP contribution in [0.1, 0.15) is 41.9 Å². The molecule has 0 saturated carbocycles. The summed E-state index contributed by atoms with van der Waals surface area (Å²) in [5, 5.41) is 1.54. The van der Waals surface area contributed by atoms with Crippen LogP contribution in [0.15, 0.2) is 42.5 Å². The average Bonchev–Trinajstić information content (AvgIpc) is 3.18. The number of para-hydroxylation sites is 2. The van der Waals surface area contributed by atoms with E-state index in [1.165, 1.54) is 7.11 Å². The molecule has 0 unspecified atom stereocenters. The number of fused-ring (bicyclic) bond motifs is 2. The molecule has 0 fully saturated rings. The molecule has 1 aliphatic heterocycles. The molecule has 192 valence electrons. The summed E-state index contributed by atoms with van der Waals surface area (Å²) in [7, 11) is 1.53. The minimum atomic E-state index is -0.0840. The van der Waals surface area contributed by atoms with Crippen LogP contribution in [0.3, 0.4) is 0 Å². The summed E-state index contributed by atoms with van der Waals surface area (Å²) in [5.41, 5.74) is 3.97. The van der Waals surface area contributed by atoms with Gasteiger partial charge in [0.25, 0.3) is 11.8 Å². The van der Waals surface area contributed by atoms with Crippen LogP contribution in [-0.2, 0) is 16.1 Å². The number of ether oxygens (including phenoxy) is 1. The minimum absolute atomic E-state index is 0.0138. The Kier molecular flexibility index (Phi) is 8.34. The molecule has 1 N–H and O–H groups in total. The number of halogens is 1. The van der Waals surface area contributed by atoms with E-state index in [2.05, 4.69) is 23.7 Å². The van der Waals surface area contributed by atoms with Crippen molar-refractivity contribution in [2.75, 3.05) is 44.8 Å². The third kappa shape index (κ3) is 5.43. The van der Waals surface area contributed by atoms with E-state index in [-0.39, 0.29) is 18.4 Å². The summed E-state index contributed by atoms with van der Waals surface area (Å²) in [6, 6.07) is 13.9. The summed E-state index contributed by atoms with van der Waals surface area (Å²) in [6.07, 6.45) is 0.829. The number of H-pyrrole nitrogens is 1. The Labute approximate surface area is 218 Å². The number of carbonyl (C=O) groups excluding carboxylic acids is 2. The fourth-order valence-corrected chi connectivity index (χ4v) is 5.17. The standard InChI is InChI=1S/C28H35ClN4O3/c1-19(2)31-13-8-14-33(25(34)18-36-4)24-12-6-5-9-21(24)17-32(16-15-31)28(35)26-20(3)22-10-7-11-23(29)27(22)30-26/h5-7,9-12,19,30H,8,13-18H2,1-4H3. The number of benzene rings is 2. The molecular weight excluding hydrogens is 476 g/mol. The summed E-state index contributed by atoms with van der Waals surface area (Å²) in [6.45, 7) is 9.43. The van der Waals surface area contributed by atoms with E-state index in [0.717, 1.165) is 47.2 Å². The van der Waals surface area contributed by atoms with Crippen LogP contribution in [0, 0.1) is 6.92 Å². The number of nitrogens with zero attached hydrogens (tertiary/aromatic N) is 3. The summed E-state index contributed by atoms with van der Waals surface area (Å²) < 4.78 is 5.17. The molecule has 0 aliphatic carbocycles. The van der Waals surface area contributed by atoms with E-state index in [1.54, 1.807) is 4.90 Å². The number of aromatic nitrogens is 1. The highest BCUT2D eigenvalue weighted by molar-refractivity contribution is 6.35. The zero-order valence-corrected chi connectivity index (χ0v) is 22.3. The first-order chi connectivity index (χ1) is 17.3. The summed E-state index contributed by atoms with van der Waals surface area (Å²) >= 11 is 6.42. The predicted molar refractivity (Wildman–Crippen MR) is 145 cm³/mol. The Morgan fingerprint density at radius 1 is 1.06 bits per heavy atom. The molecule has 2 aromatic carbocycles. The third-order valence-corrected chi connectivity index (χ3v) is 7.29. The maximum absolute atomic E-state index is 14.0. The van der Waals surface area contributed by atoms with Crippen molar-refractivity contribution in [1.29, 1.82) is 0 Å². The van der Waals surface area contributed by atoms with Gasteiger partial charge in [-0.2, -0.15) is 0 Å². The Balaban J connectivity index is 1.75. The van der Waals surface area contributed by atoms with Gasteiger partial charge in [-0.25, -0.2) is 0 Å². The average molecular weight is 511 g/mol. The van der Waals surface area contributed by atoms with Crippen LogP contribution in [0.4, 0.5) is 5.69 Å². The zero-order chi connectivity index (χ0) is 25.8. The number of methoxy groups -OCH3 is 1. The molecule has 8 heteroatoms. The minimum Gasteiger partial charge on any atom is -0.375 e. The van der Waals surface area contributed by atoms with Gasteiger partial charge in [-0.15, -0.1) is 0 Å². The lowest BCUT2D eigenvalue weighted by atomic mass is 10.1. The molecule has 0 saturated heterocycles. The Morgan fingerprint density at radius 3 is 2.56 bits per heavy atom.